The Morgan fingerprint density at radius 2 is 1.66 bits per heavy atom. The summed E-state index contributed by atoms with van der Waals surface area (Å²) in [5.74, 6) is 0.0835. The first-order valence-electron chi connectivity index (χ1n) is 10.9. The van der Waals surface area contributed by atoms with Crippen LogP contribution in [-0.2, 0) is 26.7 Å². The van der Waals surface area contributed by atoms with E-state index >= 15 is 0 Å². The first-order valence-corrected chi connectivity index (χ1v) is 10.9. The second-order valence-electron chi connectivity index (χ2n) is 7.60. The molecular formula is C27H29FeNO3-6. The molecule has 1 aliphatic rings. The number of nitrogens with one attached hydrogen (secondary N) is 1. The van der Waals surface area contributed by atoms with Crippen molar-refractivity contribution in [3.63, 3.8) is 0 Å². The van der Waals surface area contributed by atoms with Gasteiger partial charge in [-0.15, -0.1) is 23.8 Å². The Bertz CT molecular complexity index is 980. The fourth-order valence-corrected chi connectivity index (χ4v) is 3.62. The molecule has 0 unspecified atom stereocenters. The smallest absolute Gasteiger partial charge is 0.314 e. The fourth-order valence-electron chi connectivity index (χ4n) is 3.62. The Labute approximate surface area is 200 Å². The maximum atomic E-state index is 12.5. The monoisotopic (exact) mass is 471 g/mol. The topological polar surface area (TPSA) is 55.4 Å². The summed E-state index contributed by atoms with van der Waals surface area (Å²) in [6.07, 6.45) is 5.42. The summed E-state index contributed by atoms with van der Waals surface area (Å²) in [5.41, 5.74) is 3.06. The first kappa shape index (κ1) is 25.4. The van der Waals surface area contributed by atoms with Crippen molar-refractivity contribution in [2.24, 2.45) is 5.92 Å². The third-order valence-corrected chi connectivity index (χ3v) is 5.16. The van der Waals surface area contributed by atoms with E-state index in [1.165, 1.54) is 0 Å². The number of hydrogen-bond acceptors (Lipinski definition) is 3. The van der Waals surface area contributed by atoms with E-state index in [4.69, 9.17) is 4.74 Å². The number of rotatable bonds is 7. The molecule has 5 heteroatoms. The van der Waals surface area contributed by atoms with E-state index in [-0.39, 0.29) is 34.9 Å². The number of amides is 1. The van der Waals surface area contributed by atoms with Gasteiger partial charge in [0.2, 0.25) is 5.91 Å². The molecular weight excluding hydrogens is 442 g/mol. The molecule has 0 aliphatic carbocycles. The summed E-state index contributed by atoms with van der Waals surface area (Å²) in [7, 11) is 0. The average molecular weight is 471 g/mol. The summed E-state index contributed by atoms with van der Waals surface area (Å²) in [4.78, 5) is 24.8. The zero-order chi connectivity index (χ0) is 22.1. The molecule has 1 aliphatic heterocycles. The van der Waals surface area contributed by atoms with Gasteiger partial charge in [0, 0.05) is 22.8 Å². The normalized spacial score (nSPS) is 13.1. The number of hydrogen-bond donors (Lipinski definition) is 1. The van der Waals surface area contributed by atoms with Crippen molar-refractivity contribution >= 4 is 29.2 Å². The quantitative estimate of drug-likeness (QED) is 0.142. The maximum Gasteiger partial charge on any atom is 0.314 e. The molecule has 4 rings (SSSR count). The maximum absolute atomic E-state index is 12.5. The van der Waals surface area contributed by atoms with Crippen LogP contribution >= 0.6 is 0 Å². The van der Waals surface area contributed by atoms with Crippen molar-refractivity contribution in [3.8, 4) is 5.75 Å². The van der Waals surface area contributed by atoms with Crippen LogP contribution in [0.5, 0.6) is 5.75 Å². The predicted molar refractivity (Wildman–Crippen MR) is 126 cm³/mol. The van der Waals surface area contributed by atoms with Gasteiger partial charge in [-0.05, 0) is 42.2 Å². The van der Waals surface area contributed by atoms with Crippen LogP contribution in [0, 0.1) is 5.92 Å². The molecule has 0 fully saturated rings. The molecule has 1 N–H and O–H groups in total. The standard InChI is InChI=1S/C22H24NO3.C5H5.Fe/c1-3-7-16(8-4-2)22(25)26-17-11-12-20-18(14-17)19(21(24)23-20)13-15-9-5-6-10-15;1-2-4-5-3-1;/h5-6,9-14,16H,3-4,7-8H2,1-2H3,(H,23,24);1-5H;/q-1;-5;. The molecule has 174 valence electrons. The molecule has 0 spiro atoms. The molecule has 3 aromatic rings. The molecule has 0 aromatic heterocycles. The van der Waals surface area contributed by atoms with Gasteiger partial charge in [-0.2, -0.15) is 12.1 Å². The van der Waals surface area contributed by atoms with Crippen molar-refractivity contribution in [1.29, 1.82) is 0 Å². The molecule has 4 nitrogen and oxygen atoms in total. The van der Waals surface area contributed by atoms with E-state index in [9.17, 15) is 9.59 Å². The zero-order valence-electron chi connectivity index (χ0n) is 18.5. The number of fused-ring (bicyclic) bond motifs is 1. The van der Waals surface area contributed by atoms with Crippen LogP contribution in [0.1, 0.15) is 50.7 Å². The molecule has 1 heterocycles. The van der Waals surface area contributed by atoms with Gasteiger partial charge in [-0.3, -0.25) is 9.59 Å². The van der Waals surface area contributed by atoms with E-state index in [2.05, 4.69) is 19.2 Å². The number of esters is 1. The van der Waals surface area contributed by atoms with Crippen molar-refractivity contribution < 1.29 is 31.4 Å². The summed E-state index contributed by atoms with van der Waals surface area (Å²) in [6.45, 7) is 4.15. The SMILES string of the molecule is CCCC(CCC)C(=O)Oc1ccc2c(c1)C(=C[c-]1cccc1)C(=O)N2.[Fe].[cH-]1[cH-][cH-][cH-][cH-]1. The van der Waals surface area contributed by atoms with E-state index < -0.39 is 0 Å². The minimum absolute atomic E-state index is 0. The second kappa shape index (κ2) is 12.8. The molecule has 0 saturated carbocycles. The third kappa shape index (κ3) is 6.81. The van der Waals surface area contributed by atoms with Gasteiger partial charge in [0.1, 0.15) is 5.75 Å². The third-order valence-electron chi connectivity index (χ3n) is 5.16. The Balaban J connectivity index is 0.000000534. The number of carbonyl (C=O) groups excluding carboxylic acids is 2. The van der Waals surface area contributed by atoms with Gasteiger partial charge < -0.3 is 40.4 Å². The summed E-state index contributed by atoms with van der Waals surface area (Å²) < 4.78 is 5.62. The van der Waals surface area contributed by atoms with E-state index in [0.29, 0.717) is 11.3 Å². The largest absolute Gasteiger partial charge is 0.748 e. The fraction of sp³-hybridized carbons (Fsp3) is 0.259. The van der Waals surface area contributed by atoms with E-state index in [0.717, 1.165) is 42.5 Å². The summed E-state index contributed by atoms with van der Waals surface area (Å²) in [5, 5.41) is 2.86. The summed E-state index contributed by atoms with van der Waals surface area (Å²) >= 11 is 0. The molecule has 0 atom stereocenters. The summed E-state index contributed by atoms with van der Waals surface area (Å²) in [6, 6.07) is 23.0. The van der Waals surface area contributed by atoms with Gasteiger partial charge >= 0.3 is 5.97 Å². The van der Waals surface area contributed by atoms with Crippen LogP contribution in [0.25, 0.3) is 11.6 Å². The van der Waals surface area contributed by atoms with Gasteiger partial charge in [0.15, 0.2) is 0 Å². The Morgan fingerprint density at radius 1 is 1.06 bits per heavy atom. The molecule has 32 heavy (non-hydrogen) atoms. The minimum Gasteiger partial charge on any atom is -0.748 e. The van der Waals surface area contributed by atoms with Gasteiger partial charge in [-0.1, -0.05) is 26.7 Å². The van der Waals surface area contributed by atoms with E-state index in [1.807, 2.05) is 60.7 Å². The molecule has 1 amide bonds. The molecule has 0 saturated heterocycles. The van der Waals surface area contributed by atoms with Gasteiger partial charge in [-0.25, -0.2) is 0 Å². The van der Waals surface area contributed by atoms with Crippen LogP contribution in [-0.4, -0.2) is 11.9 Å². The van der Waals surface area contributed by atoms with Gasteiger partial charge in [0.05, 0.1) is 5.92 Å². The van der Waals surface area contributed by atoms with Crippen LogP contribution in [0.3, 0.4) is 0 Å². The second-order valence-corrected chi connectivity index (χ2v) is 7.60. The number of ether oxygens (including phenoxy) is 1. The number of anilines is 1. The molecule has 0 bridgehead atoms. The molecule has 3 aromatic carbocycles. The number of carbonyl (C=O) groups is 2. The minimum atomic E-state index is -0.188. The van der Waals surface area contributed by atoms with Gasteiger partial charge in [0.25, 0.3) is 0 Å². The van der Waals surface area contributed by atoms with Crippen LogP contribution in [0.15, 0.2) is 72.8 Å². The zero-order valence-corrected chi connectivity index (χ0v) is 19.6. The predicted octanol–water partition coefficient (Wildman–Crippen LogP) is 6.42. The Hall–Kier alpha value is -2.88. The average Bonchev–Trinajstić information content (AvgIpc) is 3.53. The van der Waals surface area contributed by atoms with Crippen molar-refractivity contribution in [3.05, 3.63) is 83.9 Å². The van der Waals surface area contributed by atoms with Crippen molar-refractivity contribution in [2.45, 2.75) is 39.5 Å². The molecule has 0 radical (unpaired) electrons. The van der Waals surface area contributed by atoms with E-state index in [1.54, 1.807) is 18.2 Å². The Kier molecular flexibility index (Phi) is 10.2. The van der Waals surface area contributed by atoms with Crippen LogP contribution in [0.2, 0.25) is 0 Å². The first-order chi connectivity index (χ1) is 15.1. The van der Waals surface area contributed by atoms with Crippen molar-refractivity contribution in [2.75, 3.05) is 5.32 Å². The van der Waals surface area contributed by atoms with Crippen LogP contribution in [0.4, 0.5) is 5.69 Å². The van der Waals surface area contributed by atoms with Crippen molar-refractivity contribution in [1.82, 2.24) is 0 Å². The Morgan fingerprint density at radius 3 is 2.22 bits per heavy atom. The number of benzene rings is 1. The van der Waals surface area contributed by atoms with Crippen LogP contribution < -0.4 is 10.1 Å².